The molecule has 0 saturated heterocycles. The van der Waals surface area contributed by atoms with E-state index in [9.17, 15) is 9.59 Å². The van der Waals surface area contributed by atoms with E-state index in [4.69, 9.17) is 0 Å². The van der Waals surface area contributed by atoms with Gasteiger partial charge in [-0.1, -0.05) is 6.08 Å². The van der Waals surface area contributed by atoms with Gasteiger partial charge >= 0.3 is 0 Å². The molecule has 3 nitrogen and oxygen atoms in total. The largest absolute Gasteiger partial charge is 0.456 e. The third-order valence-corrected chi connectivity index (χ3v) is 0.991. The minimum Gasteiger partial charge on any atom is -0.456 e. The summed E-state index contributed by atoms with van der Waals surface area (Å²) in [6.45, 7) is 3.52. The normalized spacial score (nSPS) is 13.0. The Hall–Kier alpha value is -1.12. The van der Waals surface area contributed by atoms with Crippen molar-refractivity contribution in [1.82, 2.24) is 0 Å². The summed E-state index contributed by atoms with van der Waals surface area (Å²) < 4.78 is 4.37. The molecule has 0 bridgehead atoms. The Morgan fingerprint density at radius 2 is 2.20 bits per heavy atom. The highest BCUT2D eigenvalue weighted by Crippen LogP contribution is 1.91. The number of hydrogen-bond donors (Lipinski definition) is 0. The predicted molar refractivity (Wildman–Crippen MR) is 36.4 cm³/mol. The fourth-order valence-electron chi connectivity index (χ4n) is 0.450. The summed E-state index contributed by atoms with van der Waals surface area (Å²) in [7, 11) is 0. The Morgan fingerprint density at radius 1 is 1.60 bits per heavy atom. The molecule has 0 amide bonds. The minimum atomic E-state index is -0.659. The Labute approximate surface area is 59.7 Å². The molecule has 0 aromatic heterocycles. The number of ether oxygens (including phenoxy) is 1. The van der Waals surface area contributed by atoms with Gasteiger partial charge in [0.25, 0.3) is 6.47 Å². The highest BCUT2D eigenvalue weighted by atomic mass is 16.5. The second-order valence-corrected chi connectivity index (χ2v) is 1.78. The second kappa shape index (κ2) is 4.73. The van der Waals surface area contributed by atoms with Crippen LogP contribution in [0.5, 0.6) is 0 Å². The van der Waals surface area contributed by atoms with Crippen molar-refractivity contribution in [3.8, 4) is 0 Å². The number of allylic oxidation sites excluding steroid dienone is 1. The lowest BCUT2D eigenvalue weighted by molar-refractivity contribution is -0.140. The van der Waals surface area contributed by atoms with Crippen molar-refractivity contribution in [2.24, 2.45) is 0 Å². The molecule has 0 fully saturated rings. The SMILES string of the molecule is CC=CC(=O)C(C)OC=O. The molecule has 1 atom stereocenters. The summed E-state index contributed by atoms with van der Waals surface area (Å²) >= 11 is 0. The molecular formula is C7H10O3. The summed E-state index contributed by atoms with van der Waals surface area (Å²) in [6.07, 6.45) is 2.31. The van der Waals surface area contributed by atoms with Crippen LogP contribution in [0.25, 0.3) is 0 Å². The average Bonchev–Trinajstić information content (AvgIpc) is 1.89. The first-order valence-corrected chi connectivity index (χ1v) is 2.98. The Bertz CT molecular complexity index is 149. The van der Waals surface area contributed by atoms with Gasteiger partial charge in [0.2, 0.25) is 0 Å². The zero-order valence-electron chi connectivity index (χ0n) is 6.03. The molecule has 0 N–H and O–H groups in total. The maximum Gasteiger partial charge on any atom is 0.293 e. The van der Waals surface area contributed by atoms with Crippen LogP contribution in [0.3, 0.4) is 0 Å². The van der Waals surface area contributed by atoms with E-state index >= 15 is 0 Å². The van der Waals surface area contributed by atoms with Gasteiger partial charge in [-0.25, -0.2) is 0 Å². The molecule has 0 aromatic carbocycles. The van der Waals surface area contributed by atoms with Gasteiger partial charge in [-0.05, 0) is 19.9 Å². The highest BCUT2D eigenvalue weighted by molar-refractivity contribution is 5.93. The summed E-state index contributed by atoms with van der Waals surface area (Å²) in [6, 6.07) is 0. The standard InChI is InChI=1S/C7H10O3/c1-3-4-7(9)6(2)10-5-8/h3-6H,1-2H3. The lowest BCUT2D eigenvalue weighted by atomic mass is 10.2. The van der Waals surface area contributed by atoms with E-state index in [0.29, 0.717) is 0 Å². The summed E-state index contributed by atoms with van der Waals surface area (Å²) in [5.74, 6) is -0.199. The van der Waals surface area contributed by atoms with Crippen molar-refractivity contribution < 1.29 is 14.3 Å². The Balaban J connectivity index is 3.81. The molecule has 0 aliphatic carbocycles. The average molecular weight is 142 g/mol. The number of carbonyl (C=O) groups is 2. The van der Waals surface area contributed by atoms with Crippen molar-refractivity contribution in [1.29, 1.82) is 0 Å². The van der Waals surface area contributed by atoms with Crippen LogP contribution in [0, 0.1) is 0 Å². The fourth-order valence-corrected chi connectivity index (χ4v) is 0.450. The zero-order chi connectivity index (χ0) is 7.98. The Kier molecular flexibility index (Phi) is 4.20. The van der Waals surface area contributed by atoms with E-state index in [1.807, 2.05) is 0 Å². The molecule has 1 unspecified atom stereocenters. The maximum atomic E-state index is 10.8. The van der Waals surface area contributed by atoms with Crippen LogP contribution < -0.4 is 0 Å². The van der Waals surface area contributed by atoms with Crippen LogP contribution in [-0.2, 0) is 14.3 Å². The Morgan fingerprint density at radius 3 is 2.60 bits per heavy atom. The third-order valence-electron chi connectivity index (χ3n) is 0.991. The van der Waals surface area contributed by atoms with Gasteiger partial charge in [-0.15, -0.1) is 0 Å². The number of hydrogen-bond acceptors (Lipinski definition) is 3. The molecule has 56 valence electrons. The van der Waals surface area contributed by atoms with Gasteiger partial charge in [0.15, 0.2) is 11.9 Å². The zero-order valence-corrected chi connectivity index (χ0v) is 6.03. The monoisotopic (exact) mass is 142 g/mol. The van der Waals surface area contributed by atoms with Crippen LogP contribution in [0.2, 0.25) is 0 Å². The smallest absolute Gasteiger partial charge is 0.293 e. The van der Waals surface area contributed by atoms with Gasteiger partial charge < -0.3 is 4.74 Å². The molecule has 10 heavy (non-hydrogen) atoms. The minimum absolute atomic E-state index is 0.199. The van der Waals surface area contributed by atoms with Crippen molar-refractivity contribution >= 4 is 12.3 Å². The van der Waals surface area contributed by atoms with Gasteiger partial charge in [0, 0.05) is 0 Å². The van der Waals surface area contributed by atoms with E-state index in [1.165, 1.54) is 13.0 Å². The molecule has 0 aliphatic rings. The van der Waals surface area contributed by atoms with Gasteiger partial charge in [-0.2, -0.15) is 0 Å². The number of carbonyl (C=O) groups excluding carboxylic acids is 2. The second-order valence-electron chi connectivity index (χ2n) is 1.78. The molecule has 0 spiro atoms. The van der Waals surface area contributed by atoms with Crippen LogP contribution in [0.15, 0.2) is 12.2 Å². The van der Waals surface area contributed by atoms with Gasteiger partial charge in [0.1, 0.15) is 0 Å². The van der Waals surface area contributed by atoms with Gasteiger partial charge in [0.05, 0.1) is 0 Å². The van der Waals surface area contributed by atoms with E-state index in [1.54, 1.807) is 13.0 Å². The van der Waals surface area contributed by atoms with E-state index < -0.39 is 6.10 Å². The highest BCUT2D eigenvalue weighted by Gasteiger charge is 2.08. The summed E-state index contributed by atoms with van der Waals surface area (Å²) in [4.78, 5) is 20.5. The first kappa shape index (κ1) is 8.88. The molecule has 3 heteroatoms. The van der Waals surface area contributed by atoms with Gasteiger partial charge in [-0.3, -0.25) is 9.59 Å². The van der Waals surface area contributed by atoms with Crippen LogP contribution in [-0.4, -0.2) is 18.4 Å². The number of rotatable bonds is 4. The quantitative estimate of drug-likeness (QED) is 0.428. The molecule has 0 aromatic rings. The van der Waals surface area contributed by atoms with E-state index in [0.717, 1.165) is 0 Å². The van der Waals surface area contributed by atoms with Crippen molar-refractivity contribution in [3.05, 3.63) is 12.2 Å². The van der Waals surface area contributed by atoms with Crippen LogP contribution in [0.4, 0.5) is 0 Å². The lowest BCUT2D eigenvalue weighted by Crippen LogP contribution is -2.17. The molecule has 0 rings (SSSR count). The van der Waals surface area contributed by atoms with Crippen molar-refractivity contribution in [2.45, 2.75) is 20.0 Å². The fraction of sp³-hybridized carbons (Fsp3) is 0.429. The first-order chi connectivity index (χ1) is 4.72. The summed E-state index contributed by atoms with van der Waals surface area (Å²) in [5, 5.41) is 0. The number of ketones is 1. The van der Waals surface area contributed by atoms with Crippen molar-refractivity contribution in [3.63, 3.8) is 0 Å². The predicted octanol–water partition coefficient (Wildman–Crippen LogP) is 0.693. The molecule has 0 heterocycles. The topological polar surface area (TPSA) is 43.4 Å². The van der Waals surface area contributed by atoms with E-state index in [-0.39, 0.29) is 12.3 Å². The van der Waals surface area contributed by atoms with E-state index in [2.05, 4.69) is 4.74 Å². The summed E-state index contributed by atoms with van der Waals surface area (Å²) in [5.41, 5.74) is 0. The molecule has 0 aliphatic heterocycles. The maximum absolute atomic E-state index is 10.8. The van der Waals surface area contributed by atoms with Crippen molar-refractivity contribution in [2.75, 3.05) is 0 Å². The molecule has 0 saturated carbocycles. The van der Waals surface area contributed by atoms with Crippen LogP contribution in [0.1, 0.15) is 13.8 Å². The third kappa shape index (κ3) is 3.02. The lowest BCUT2D eigenvalue weighted by Gasteiger charge is -2.02. The molecular weight excluding hydrogens is 132 g/mol. The van der Waals surface area contributed by atoms with Crippen LogP contribution >= 0.6 is 0 Å². The first-order valence-electron chi connectivity index (χ1n) is 2.98. The molecule has 0 radical (unpaired) electrons.